The smallest absolute Gasteiger partial charge is 0.169 e. The van der Waals surface area contributed by atoms with Crippen LogP contribution in [0.5, 0.6) is 0 Å². The summed E-state index contributed by atoms with van der Waals surface area (Å²) in [4.78, 5) is 22.3. The second-order valence-corrected chi connectivity index (χ2v) is 10.5. The van der Waals surface area contributed by atoms with E-state index >= 15 is 0 Å². The van der Waals surface area contributed by atoms with E-state index in [1.165, 1.54) is 55.2 Å². The maximum Gasteiger partial charge on any atom is 0.169 e. The molecule has 35 heavy (non-hydrogen) atoms. The normalized spacial score (nSPS) is 19.6. The first kappa shape index (κ1) is 23.7. The van der Waals surface area contributed by atoms with E-state index in [4.69, 9.17) is 4.98 Å². The summed E-state index contributed by atoms with van der Waals surface area (Å²) in [6, 6.07) is 13.0. The summed E-state index contributed by atoms with van der Waals surface area (Å²) in [6.45, 7) is 6.54. The van der Waals surface area contributed by atoms with Crippen molar-refractivity contribution in [3.8, 4) is 11.3 Å². The Morgan fingerprint density at radius 3 is 2.57 bits per heavy atom. The SMILES string of the molecule is CCCC1CCC(c2ccc(Cc3nc(-c4ccc(C)nc4)cc4c3C(=O)CC=C4)cc2C)CC1.[HH].[HH]. The zero-order valence-electron chi connectivity index (χ0n) is 21.3. The van der Waals surface area contributed by atoms with Crippen molar-refractivity contribution in [2.75, 3.05) is 0 Å². The fourth-order valence-corrected chi connectivity index (χ4v) is 6.03. The summed E-state index contributed by atoms with van der Waals surface area (Å²) in [5, 5.41) is 0. The maximum absolute atomic E-state index is 12.9. The minimum atomic E-state index is 0. The van der Waals surface area contributed by atoms with E-state index in [9.17, 15) is 4.79 Å². The van der Waals surface area contributed by atoms with Gasteiger partial charge in [0.15, 0.2) is 5.78 Å². The van der Waals surface area contributed by atoms with Crippen molar-refractivity contribution in [1.82, 2.24) is 9.97 Å². The van der Waals surface area contributed by atoms with Gasteiger partial charge in [0.05, 0.1) is 11.4 Å². The molecule has 2 aliphatic carbocycles. The standard InChI is InChI=1S/C32H36N2O.2H2/c1-4-6-23-10-14-25(15-11-23)28-16-12-24(17-21(28)2)18-30-32-26(7-5-8-31(32)35)19-29(34-30)27-13-9-22(3)33-20-27;;/h5,7,9,12-13,16-17,19-20,23,25H,4,6,8,10-11,14-15,18H2,1-3H3;2*1H. The van der Waals surface area contributed by atoms with Crippen molar-refractivity contribution < 1.29 is 7.65 Å². The summed E-state index contributed by atoms with van der Waals surface area (Å²) in [5.74, 6) is 1.78. The molecular formula is C32H40N2O. The van der Waals surface area contributed by atoms with Crippen molar-refractivity contribution >= 4 is 11.9 Å². The molecule has 0 unspecified atom stereocenters. The first-order valence-electron chi connectivity index (χ1n) is 13.3. The quantitative estimate of drug-likeness (QED) is 0.364. The highest BCUT2D eigenvalue weighted by Crippen LogP contribution is 2.39. The topological polar surface area (TPSA) is 42.9 Å². The minimum Gasteiger partial charge on any atom is -0.294 e. The molecule has 1 fully saturated rings. The van der Waals surface area contributed by atoms with Gasteiger partial charge in [-0.15, -0.1) is 0 Å². The molecule has 0 spiro atoms. The van der Waals surface area contributed by atoms with Crippen LogP contribution in [-0.2, 0) is 6.42 Å². The van der Waals surface area contributed by atoms with Gasteiger partial charge < -0.3 is 0 Å². The fourth-order valence-electron chi connectivity index (χ4n) is 6.03. The molecule has 0 saturated heterocycles. The van der Waals surface area contributed by atoms with Gasteiger partial charge in [-0.3, -0.25) is 14.8 Å². The predicted octanol–water partition coefficient (Wildman–Crippen LogP) is 8.52. The lowest BCUT2D eigenvalue weighted by Gasteiger charge is -2.29. The number of aryl methyl sites for hydroxylation is 2. The molecule has 3 heteroatoms. The van der Waals surface area contributed by atoms with Gasteiger partial charge in [-0.25, -0.2) is 0 Å². The first-order valence-corrected chi connectivity index (χ1v) is 13.3. The second-order valence-electron chi connectivity index (χ2n) is 10.5. The van der Waals surface area contributed by atoms with E-state index in [2.05, 4.69) is 49.2 Å². The molecule has 2 aromatic heterocycles. The van der Waals surface area contributed by atoms with Crippen LogP contribution >= 0.6 is 0 Å². The number of aromatic nitrogens is 2. The summed E-state index contributed by atoms with van der Waals surface area (Å²) in [7, 11) is 0. The van der Waals surface area contributed by atoms with Crippen molar-refractivity contribution in [2.24, 2.45) is 5.92 Å². The highest BCUT2D eigenvalue weighted by atomic mass is 16.1. The third-order valence-corrected chi connectivity index (χ3v) is 7.90. The zero-order valence-corrected chi connectivity index (χ0v) is 21.3. The number of carbonyl (C=O) groups is 1. The molecular weight excluding hydrogens is 428 g/mol. The van der Waals surface area contributed by atoms with E-state index in [0.717, 1.165) is 39.7 Å². The molecule has 5 rings (SSSR count). The summed E-state index contributed by atoms with van der Waals surface area (Å²) in [5.41, 5.74) is 9.58. The Morgan fingerprint density at radius 2 is 1.86 bits per heavy atom. The number of Topliss-reactive ketones (excluding diaryl/α,β-unsaturated/α-hetero) is 1. The number of fused-ring (bicyclic) bond motifs is 1. The number of hydrogen-bond donors (Lipinski definition) is 0. The number of benzene rings is 1. The van der Waals surface area contributed by atoms with Crippen LogP contribution in [0, 0.1) is 19.8 Å². The Labute approximate surface area is 212 Å². The molecule has 2 aliphatic rings. The number of pyridine rings is 2. The highest BCUT2D eigenvalue weighted by molar-refractivity contribution is 6.04. The molecule has 2 heterocycles. The molecule has 1 saturated carbocycles. The Kier molecular flexibility index (Phi) is 6.95. The Hall–Kier alpha value is -3.07. The lowest BCUT2D eigenvalue weighted by Crippen LogP contribution is -2.14. The van der Waals surface area contributed by atoms with Gasteiger partial charge in [-0.1, -0.05) is 50.1 Å². The average Bonchev–Trinajstić information content (AvgIpc) is 2.85. The third kappa shape index (κ3) is 5.15. The number of ketones is 1. The van der Waals surface area contributed by atoms with Crippen LogP contribution in [0.1, 0.15) is 105 Å². The van der Waals surface area contributed by atoms with Gasteiger partial charge in [-0.05, 0) is 91.8 Å². The molecule has 1 aromatic carbocycles. The van der Waals surface area contributed by atoms with E-state index in [-0.39, 0.29) is 8.64 Å². The Morgan fingerprint density at radius 1 is 1.03 bits per heavy atom. The maximum atomic E-state index is 12.9. The number of nitrogens with zero attached hydrogens (tertiary/aromatic N) is 2. The van der Waals surface area contributed by atoms with Crippen LogP contribution in [0.4, 0.5) is 0 Å². The van der Waals surface area contributed by atoms with Crippen molar-refractivity contribution in [2.45, 2.75) is 78.1 Å². The minimum absolute atomic E-state index is 0. The van der Waals surface area contributed by atoms with Gasteiger partial charge in [0, 0.05) is 38.7 Å². The lowest BCUT2D eigenvalue weighted by molar-refractivity contribution is 0.0993. The van der Waals surface area contributed by atoms with E-state index in [0.29, 0.717) is 18.8 Å². The molecule has 184 valence electrons. The van der Waals surface area contributed by atoms with Gasteiger partial charge in [0.1, 0.15) is 0 Å². The molecule has 0 N–H and O–H groups in total. The largest absolute Gasteiger partial charge is 0.294 e. The molecule has 3 aromatic rings. The number of allylic oxidation sites excluding steroid dienone is 1. The van der Waals surface area contributed by atoms with Crippen LogP contribution in [0.3, 0.4) is 0 Å². The first-order chi connectivity index (χ1) is 17.0. The van der Waals surface area contributed by atoms with Crippen LogP contribution < -0.4 is 0 Å². The van der Waals surface area contributed by atoms with Gasteiger partial charge in [-0.2, -0.15) is 0 Å². The van der Waals surface area contributed by atoms with Crippen LogP contribution in [0.15, 0.2) is 48.7 Å². The monoisotopic (exact) mass is 468 g/mol. The lowest BCUT2D eigenvalue weighted by atomic mass is 9.76. The number of rotatable bonds is 6. The van der Waals surface area contributed by atoms with Crippen LogP contribution in [0.2, 0.25) is 0 Å². The van der Waals surface area contributed by atoms with Crippen molar-refractivity contribution in [3.05, 3.63) is 87.9 Å². The molecule has 3 nitrogen and oxygen atoms in total. The number of carbonyl (C=O) groups excluding carboxylic acids is 1. The molecule has 0 radical (unpaired) electrons. The van der Waals surface area contributed by atoms with E-state index < -0.39 is 0 Å². The van der Waals surface area contributed by atoms with Gasteiger partial charge >= 0.3 is 0 Å². The molecule has 0 aliphatic heterocycles. The van der Waals surface area contributed by atoms with Crippen molar-refractivity contribution in [1.29, 1.82) is 0 Å². The van der Waals surface area contributed by atoms with Gasteiger partial charge in [0.25, 0.3) is 0 Å². The second kappa shape index (κ2) is 10.3. The Balaban J connectivity index is 0.00000190. The summed E-state index contributed by atoms with van der Waals surface area (Å²) < 4.78 is 0. The van der Waals surface area contributed by atoms with Crippen LogP contribution in [0.25, 0.3) is 17.3 Å². The van der Waals surface area contributed by atoms with E-state index in [1.807, 2.05) is 31.3 Å². The molecule has 0 atom stereocenters. The van der Waals surface area contributed by atoms with E-state index in [1.54, 1.807) is 0 Å². The predicted molar refractivity (Wildman–Crippen MR) is 148 cm³/mol. The summed E-state index contributed by atoms with van der Waals surface area (Å²) in [6.07, 6.45) is 15.1. The van der Waals surface area contributed by atoms with Gasteiger partial charge in [0.2, 0.25) is 0 Å². The summed E-state index contributed by atoms with van der Waals surface area (Å²) >= 11 is 0. The zero-order chi connectivity index (χ0) is 24.4. The third-order valence-electron chi connectivity index (χ3n) is 7.90. The molecule has 0 amide bonds. The van der Waals surface area contributed by atoms with Crippen LogP contribution in [-0.4, -0.2) is 15.8 Å². The fraction of sp³-hybridized carbons (Fsp3) is 0.406. The molecule has 0 bridgehead atoms. The number of hydrogen-bond acceptors (Lipinski definition) is 3. The highest BCUT2D eigenvalue weighted by Gasteiger charge is 2.24. The van der Waals surface area contributed by atoms with Crippen molar-refractivity contribution in [3.63, 3.8) is 0 Å². The Bertz CT molecular complexity index is 1260. The average molecular weight is 469 g/mol.